The van der Waals surface area contributed by atoms with E-state index in [0.717, 1.165) is 11.1 Å². The average molecular weight is 422 g/mol. The fourth-order valence-electron chi connectivity index (χ4n) is 3.50. The van der Waals surface area contributed by atoms with Crippen LogP contribution in [-0.2, 0) is 23.2 Å². The zero-order valence-electron chi connectivity index (χ0n) is 16.7. The van der Waals surface area contributed by atoms with Crippen molar-refractivity contribution in [3.63, 3.8) is 0 Å². The molecule has 0 radical (unpaired) electrons. The summed E-state index contributed by atoms with van der Waals surface area (Å²) in [7, 11) is -3.70. The van der Waals surface area contributed by atoms with Gasteiger partial charge in [-0.15, -0.1) is 0 Å². The molecule has 0 fully saturated rings. The molecule has 30 heavy (non-hydrogen) atoms. The molecule has 1 aliphatic rings. The second kappa shape index (κ2) is 8.42. The van der Waals surface area contributed by atoms with Crippen molar-refractivity contribution < 1.29 is 17.9 Å². The molecule has 0 atom stereocenters. The van der Waals surface area contributed by atoms with Crippen molar-refractivity contribution in [3.8, 4) is 5.75 Å². The number of carbonyl (C=O) groups is 1. The normalized spacial score (nSPS) is 14.8. The lowest BCUT2D eigenvalue weighted by molar-refractivity contribution is 0.0981. The largest absolute Gasteiger partial charge is 0.489 e. The van der Waals surface area contributed by atoms with Gasteiger partial charge in [-0.3, -0.25) is 4.79 Å². The summed E-state index contributed by atoms with van der Waals surface area (Å²) in [6, 6.07) is 21.8. The molecule has 1 aliphatic heterocycles. The van der Waals surface area contributed by atoms with E-state index in [1.54, 1.807) is 42.5 Å². The number of nitrogens with zero attached hydrogens (tertiary/aromatic N) is 1. The van der Waals surface area contributed by atoms with E-state index in [1.807, 2.05) is 37.3 Å². The Labute approximate surface area is 177 Å². The minimum Gasteiger partial charge on any atom is -0.489 e. The number of fused-ring (bicyclic) bond motifs is 1. The van der Waals surface area contributed by atoms with Crippen LogP contribution in [0.25, 0.3) is 0 Å². The quantitative estimate of drug-likeness (QED) is 0.614. The molecule has 3 aromatic rings. The number of hydrogen-bond acceptors (Lipinski definition) is 4. The highest BCUT2D eigenvalue weighted by atomic mass is 32.2. The zero-order valence-corrected chi connectivity index (χ0v) is 17.6. The van der Waals surface area contributed by atoms with Crippen LogP contribution in [0.4, 0.5) is 0 Å². The summed E-state index contributed by atoms with van der Waals surface area (Å²) >= 11 is 0. The number of rotatable bonds is 5. The minimum absolute atomic E-state index is 0.0544. The SMILES string of the molecule is Cc1ccc(S(=O)(=O)N2CCC(=O)c3ccc(OCc4ccccc4)cc3C2)cc1. The number of aryl methyl sites for hydroxylation is 1. The molecular formula is C24H23NO4S. The van der Waals surface area contributed by atoms with Gasteiger partial charge in [0.15, 0.2) is 5.78 Å². The highest BCUT2D eigenvalue weighted by molar-refractivity contribution is 7.89. The molecule has 154 valence electrons. The second-order valence-corrected chi connectivity index (χ2v) is 9.36. The number of Topliss-reactive ketones (excluding diaryl/α,β-unsaturated/α-hetero) is 1. The van der Waals surface area contributed by atoms with Gasteiger partial charge in [-0.2, -0.15) is 4.31 Å². The van der Waals surface area contributed by atoms with Gasteiger partial charge < -0.3 is 4.74 Å². The van der Waals surface area contributed by atoms with Gasteiger partial charge in [0.2, 0.25) is 10.0 Å². The van der Waals surface area contributed by atoms with Crippen LogP contribution < -0.4 is 4.74 Å². The van der Waals surface area contributed by atoms with Crippen molar-refractivity contribution in [1.29, 1.82) is 0 Å². The minimum atomic E-state index is -3.70. The third-order valence-electron chi connectivity index (χ3n) is 5.22. The van der Waals surface area contributed by atoms with Crippen molar-refractivity contribution in [2.75, 3.05) is 6.54 Å². The fourth-order valence-corrected chi connectivity index (χ4v) is 4.92. The molecule has 6 heteroatoms. The summed E-state index contributed by atoms with van der Waals surface area (Å²) in [5.41, 5.74) is 3.25. The fraction of sp³-hybridized carbons (Fsp3) is 0.208. The Morgan fingerprint density at radius 3 is 2.43 bits per heavy atom. The molecule has 0 aromatic heterocycles. The predicted molar refractivity (Wildman–Crippen MR) is 115 cm³/mol. The lowest BCUT2D eigenvalue weighted by Gasteiger charge is -2.20. The van der Waals surface area contributed by atoms with Crippen LogP contribution in [0.15, 0.2) is 77.7 Å². The van der Waals surface area contributed by atoms with Crippen LogP contribution in [-0.4, -0.2) is 25.1 Å². The van der Waals surface area contributed by atoms with E-state index in [2.05, 4.69) is 0 Å². The Hall–Kier alpha value is -2.96. The first-order chi connectivity index (χ1) is 14.4. The maximum Gasteiger partial charge on any atom is 0.243 e. The molecule has 0 N–H and O–H groups in total. The molecule has 4 rings (SSSR count). The number of ether oxygens (including phenoxy) is 1. The van der Waals surface area contributed by atoms with E-state index in [1.165, 1.54) is 4.31 Å². The Morgan fingerprint density at radius 1 is 0.967 bits per heavy atom. The second-order valence-electron chi connectivity index (χ2n) is 7.42. The van der Waals surface area contributed by atoms with E-state index >= 15 is 0 Å². The molecule has 0 amide bonds. The molecule has 0 unspecified atom stereocenters. The standard InChI is InChI=1S/C24H23NO4S/c1-18-7-10-22(11-8-18)30(27,28)25-14-13-24(26)23-12-9-21(15-20(23)16-25)29-17-19-5-3-2-4-6-19/h2-12,15H,13-14,16-17H2,1H3. The van der Waals surface area contributed by atoms with Crippen molar-refractivity contribution in [2.45, 2.75) is 31.4 Å². The maximum atomic E-state index is 13.1. The monoisotopic (exact) mass is 421 g/mol. The smallest absolute Gasteiger partial charge is 0.243 e. The molecule has 5 nitrogen and oxygen atoms in total. The Morgan fingerprint density at radius 2 is 1.70 bits per heavy atom. The summed E-state index contributed by atoms with van der Waals surface area (Å²) in [6.45, 7) is 2.61. The molecule has 0 saturated heterocycles. The zero-order chi connectivity index (χ0) is 21.1. The average Bonchev–Trinajstić information content (AvgIpc) is 2.92. The van der Waals surface area contributed by atoms with Gasteiger partial charge in [0.1, 0.15) is 12.4 Å². The van der Waals surface area contributed by atoms with Crippen LogP contribution >= 0.6 is 0 Å². The predicted octanol–water partition coefficient (Wildman–Crippen LogP) is 4.35. The van der Waals surface area contributed by atoms with Crippen LogP contribution in [0.5, 0.6) is 5.75 Å². The first-order valence-electron chi connectivity index (χ1n) is 9.83. The van der Waals surface area contributed by atoms with Crippen molar-refractivity contribution in [1.82, 2.24) is 4.31 Å². The maximum absolute atomic E-state index is 13.1. The first-order valence-corrected chi connectivity index (χ1v) is 11.3. The Kier molecular flexibility index (Phi) is 5.70. The summed E-state index contributed by atoms with van der Waals surface area (Å²) in [5, 5.41) is 0. The van der Waals surface area contributed by atoms with Gasteiger partial charge >= 0.3 is 0 Å². The summed E-state index contributed by atoms with van der Waals surface area (Å²) in [6.07, 6.45) is 0.155. The van der Waals surface area contributed by atoms with Gasteiger partial charge in [0.25, 0.3) is 0 Å². The molecule has 3 aromatic carbocycles. The molecule has 0 spiro atoms. The number of benzene rings is 3. The lowest BCUT2D eigenvalue weighted by Crippen LogP contribution is -2.31. The topological polar surface area (TPSA) is 63.7 Å². The van der Waals surface area contributed by atoms with Crippen LogP contribution in [0.2, 0.25) is 0 Å². The van der Waals surface area contributed by atoms with Crippen LogP contribution in [0.1, 0.15) is 33.5 Å². The number of carbonyl (C=O) groups excluding carboxylic acids is 1. The molecule has 0 bridgehead atoms. The third-order valence-corrected chi connectivity index (χ3v) is 7.08. The van der Waals surface area contributed by atoms with E-state index < -0.39 is 10.0 Å². The summed E-state index contributed by atoms with van der Waals surface area (Å²) in [4.78, 5) is 12.8. The number of ketones is 1. The lowest BCUT2D eigenvalue weighted by atomic mass is 10.0. The van der Waals surface area contributed by atoms with Gasteiger partial charge in [-0.05, 0) is 48.4 Å². The van der Waals surface area contributed by atoms with E-state index in [4.69, 9.17) is 4.74 Å². The van der Waals surface area contributed by atoms with Crippen LogP contribution in [0, 0.1) is 6.92 Å². The van der Waals surface area contributed by atoms with Gasteiger partial charge in [-0.25, -0.2) is 8.42 Å². The van der Waals surface area contributed by atoms with Crippen molar-refractivity contribution >= 4 is 15.8 Å². The molecule has 0 aliphatic carbocycles. The highest BCUT2D eigenvalue weighted by Crippen LogP contribution is 2.28. The summed E-state index contributed by atoms with van der Waals surface area (Å²) in [5.74, 6) is 0.557. The first kappa shape index (κ1) is 20.3. The number of hydrogen-bond donors (Lipinski definition) is 0. The highest BCUT2D eigenvalue weighted by Gasteiger charge is 2.29. The molecule has 1 heterocycles. The van der Waals surface area contributed by atoms with Gasteiger partial charge in [0.05, 0.1) is 4.90 Å². The van der Waals surface area contributed by atoms with Crippen molar-refractivity contribution in [3.05, 3.63) is 95.1 Å². The van der Waals surface area contributed by atoms with Crippen LogP contribution in [0.3, 0.4) is 0 Å². The van der Waals surface area contributed by atoms with E-state index in [9.17, 15) is 13.2 Å². The van der Waals surface area contributed by atoms with Crippen molar-refractivity contribution in [2.24, 2.45) is 0 Å². The van der Waals surface area contributed by atoms with E-state index in [-0.39, 0.29) is 30.2 Å². The third kappa shape index (κ3) is 4.30. The van der Waals surface area contributed by atoms with E-state index in [0.29, 0.717) is 23.5 Å². The van der Waals surface area contributed by atoms with Gasteiger partial charge in [-0.1, -0.05) is 48.0 Å². The molecular weight excluding hydrogens is 398 g/mol. The Balaban J connectivity index is 1.60. The van der Waals surface area contributed by atoms with Gasteiger partial charge in [0, 0.05) is 25.1 Å². The summed E-state index contributed by atoms with van der Waals surface area (Å²) < 4.78 is 33.5. The molecule has 0 saturated carbocycles. The Bertz CT molecular complexity index is 1160. The number of sulfonamides is 1.